The maximum absolute atomic E-state index is 12.6. The molecule has 3 rings (SSSR count). The maximum Gasteiger partial charge on any atom is 0.413 e. The van der Waals surface area contributed by atoms with E-state index in [2.05, 4.69) is 29.4 Å². The minimum Gasteiger partial charge on any atom is -0.444 e. The Morgan fingerprint density at radius 2 is 1.63 bits per heavy atom. The number of alkyl carbamates (subject to hydrolysis) is 1. The molecule has 0 atom stereocenters. The summed E-state index contributed by atoms with van der Waals surface area (Å²) >= 11 is 0. The van der Waals surface area contributed by atoms with Crippen LogP contribution in [0.5, 0.6) is 0 Å². The van der Waals surface area contributed by atoms with E-state index in [1.165, 1.54) is 0 Å². The highest BCUT2D eigenvalue weighted by Crippen LogP contribution is 2.18. The third-order valence-corrected chi connectivity index (χ3v) is 5.62. The monoisotopic (exact) mass is 474 g/mol. The summed E-state index contributed by atoms with van der Waals surface area (Å²) in [4.78, 5) is 26.4. The SMILES string of the molecule is CC1CCN(C(=O)c2ccc(C#CCNc3ccc(C(=N)NC(=O)OC(C)(C)C)cc3)cc2)CC1. The standard InChI is InChI=1S/C28H34N4O3/c1-20-15-18-32(19-16-20)26(33)23-9-7-21(8-10-23)6-5-17-30-24-13-11-22(12-14-24)25(29)31-27(34)35-28(2,3)4/h7-14,20,30H,15-19H2,1-4H3,(H2,29,31,34). The minimum absolute atomic E-state index is 0.0256. The first-order valence-electron chi connectivity index (χ1n) is 11.9. The molecule has 1 heterocycles. The lowest BCUT2D eigenvalue weighted by molar-refractivity contribution is 0.0562. The highest BCUT2D eigenvalue weighted by molar-refractivity contribution is 6.04. The van der Waals surface area contributed by atoms with E-state index in [4.69, 9.17) is 10.1 Å². The van der Waals surface area contributed by atoms with Crippen molar-refractivity contribution in [2.45, 2.75) is 46.1 Å². The molecule has 0 unspecified atom stereocenters. The summed E-state index contributed by atoms with van der Waals surface area (Å²) in [5.74, 6) is 6.94. The van der Waals surface area contributed by atoms with E-state index in [0.29, 0.717) is 23.6 Å². The average molecular weight is 475 g/mol. The van der Waals surface area contributed by atoms with Gasteiger partial charge in [-0.05, 0) is 88.1 Å². The molecule has 2 amide bonds. The van der Waals surface area contributed by atoms with E-state index in [1.54, 1.807) is 32.9 Å². The Balaban J connectivity index is 1.46. The molecule has 35 heavy (non-hydrogen) atoms. The van der Waals surface area contributed by atoms with Crippen LogP contribution in [-0.4, -0.2) is 48.0 Å². The molecule has 1 fully saturated rings. The predicted molar refractivity (Wildman–Crippen MR) is 139 cm³/mol. The van der Waals surface area contributed by atoms with Crippen LogP contribution < -0.4 is 10.6 Å². The maximum atomic E-state index is 12.6. The number of amides is 2. The van der Waals surface area contributed by atoms with Crippen molar-refractivity contribution in [3.8, 4) is 11.8 Å². The van der Waals surface area contributed by atoms with Crippen LogP contribution in [0.4, 0.5) is 10.5 Å². The Morgan fingerprint density at radius 1 is 1.03 bits per heavy atom. The van der Waals surface area contributed by atoms with Crippen molar-refractivity contribution >= 4 is 23.5 Å². The van der Waals surface area contributed by atoms with Gasteiger partial charge >= 0.3 is 6.09 Å². The van der Waals surface area contributed by atoms with Crippen LogP contribution in [0.15, 0.2) is 48.5 Å². The van der Waals surface area contributed by atoms with Gasteiger partial charge in [-0.15, -0.1) is 0 Å². The summed E-state index contributed by atoms with van der Waals surface area (Å²) in [7, 11) is 0. The number of piperidine rings is 1. The van der Waals surface area contributed by atoms with E-state index >= 15 is 0 Å². The second kappa shape index (κ2) is 11.6. The number of rotatable bonds is 4. The first-order chi connectivity index (χ1) is 16.6. The van der Waals surface area contributed by atoms with Gasteiger partial charge in [0.05, 0.1) is 6.54 Å². The number of nitrogens with one attached hydrogen (secondary N) is 3. The van der Waals surface area contributed by atoms with Gasteiger partial charge in [-0.1, -0.05) is 18.8 Å². The van der Waals surface area contributed by atoms with Crippen LogP contribution in [0.1, 0.15) is 62.0 Å². The number of carbonyl (C=O) groups is 2. The van der Waals surface area contributed by atoms with Gasteiger partial charge in [0, 0.05) is 35.5 Å². The fraction of sp³-hybridized carbons (Fsp3) is 0.393. The van der Waals surface area contributed by atoms with Gasteiger partial charge in [-0.25, -0.2) is 4.79 Å². The number of hydrogen-bond donors (Lipinski definition) is 3. The van der Waals surface area contributed by atoms with Crippen molar-refractivity contribution < 1.29 is 14.3 Å². The lowest BCUT2D eigenvalue weighted by Crippen LogP contribution is -2.37. The zero-order valence-electron chi connectivity index (χ0n) is 20.9. The van der Waals surface area contributed by atoms with Gasteiger partial charge in [0.1, 0.15) is 11.4 Å². The predicted octanol–water partition coefficient (Wildman–Crippen LogP) is 4.87. The number of hydrogen-bond acceptors (Lipinski definition) is 5. The normalized spacial score (nSPS) is 13.9. The average Bonchev–Trinajstić information content (AvgIpc) is 2.81. The molecule has 2 aromatic carbocycles. The van der Waals surface area contributed by atoms with E-state index in [-0.39, 0.29) is 11.7 Å². The molecule has 7 heteroatoms. The molecule has 1 saturated heterocycles. The zero-order chi connectivity index (χ0) is 25.4. The number of ether oxygens (including phenoxy) is 1. The lowest BCUT2D eigenvalue weighted by Gasteiger charge is -2.30. The lowest BCUT2D eigenvalue weighted by atomic mass is 9.98. The topological polar surface area (TPSA) is 94.5 Å². The minimum atomic E-state index is -0.654. The Hall–Kier alpha value is -3.79. The second-order valence-corrected chi connectivity index (χ2v) is 9.79. The van der Waals surface area contributed by atoms with Gasteiger partial charge in [0.2, 0.25) is 0 Å². The molecule has 0 bridgehead atoms. The summed E-state index contributed by atoms with van der Waals surface area (Å²) < 4.78 is 5.17. The van der Waals surface area contributed by atoms with Crippen LogP contribution in [0, 0.1) is 23.2 Å². The molecule has 184 valence electrons. The Bertz CT molecular complexity index is 1100. The number of benzene rings is 2. The van der Waals surface area contributed by atoms with Gasteiger partial charge in [-0.2, -0.15) is 0 Å². The molecule has 0 aliphatic carbocycles. The first kappa shape index (κ1) is 25.8. The Labute approximate surface area is 207 Å². The van der Waals surface area contributed by atoms with E-state index < -0.39 is 11.7 Å². The Morgan fingerprint density at radius 3 is 2.23 bits per heavy atom. The molecule has 0 saturated carbocycles. The Kier molecular flexibility index (Phi) is 8.53. The van der Waals surface area contributed by atoms with Crippen LogP contribution in [0.3, 0.4) is 0 Å². The van der Waals surface area contributed by atoms with Crippen molar-refractivity contribution in [2.75, 3.05) is 25.0 Å². The fourth-order valence-corrected chi connectivity index (χ4v) is 3.62. The van der Waals surface area contributed by atoms with Gasteiger partial charge in [-0.3, -0.25) is 15.5 Å². The summed E-state index contributed by atoms with van der Waals surface area (Å²) in [6.45, 7) is 9.65. The van der Waals surface area contributed by atoms with E-state index in [1.807, 2.05) is 41.3 Å². The molecule has 3 N–H and O–H groups in total. The fourth-order valence-electron chi connectivity index (χ4n) is 3.62. The number of amidine groups is 1. The summed E-state index contributed by atoms with van der Waals surface area (Å²) in [6.07, 6.45) is 1.48. The van der Waals surface area contributed by atoms with Gasteiger partial charge < -0.3 is 15.0 Å². The zero-order valence-corrected chi connectivity index (χ0v) is 20.9. The van der Waals surface area contributed by atoms with E-state index in [9.17, 15) is 9.59 Å². The molecule has 0 radical (unpaired) electrons. The molecule has 0 aromatic heterocycles. The molecular weight excluding hydrogens is 440 g/mol. The number of nitrogens with zero attached hydrogens (tertiary/aromatic N) is 1. The quantitative estimate of drug-likeness (QED) is 0.335. The van der Waals surface area contributed by atoms with Crippen molar-refractivity contribution in [1.82, 2.24) is 10.2 Å². The summed E-state index contributed by atoms with van der Waals surface area (Å²) in [5.41, 5.74) is 2.36. The molecule has 0 spiro atoms. The second-order valence-electron chi connectivity index (χ2n) is 9.79. The number of likely N-dealkylation sites (tertiary alicyclic amines) is 1. The van der Waals surface area contributed by atoms with Crippen molar-refractivity contribution in [3.05, 3.63) is 65.2 Å². The van der Waals surface area contributed by atoms with Crippen LogP contribution in [0.25, 0.3) is 0 Å². The van der Waals surface area contributed by atoms with Crippen molar-refractivity contribution in [1.29, 1.82) is 5.41 Å². The summed E-state index contributed by atoms with van der Waals surface area (Å²) in [5, 5.41) is 13.7. The van der Waals surface area contributed by atoms with Gasteiger partial charge in [0.25, 0.3) is 5.91 Å². The molecule has 1 aliphatic heterocycles. The van der Waals surface area contributed by atoms with E-state index in [0.717, 1.165) is 37.2 Å². The van der Waals surface area contributed by atoms with Crippen LogP contribution in [-0.2, 0) is 4.74 Å². The molecule has 2 aromatic rings. The number of anilines is 1. The van der Waals surface area contributed by atoms with Gasteiger partial charge in [0.15, 0.2) is 0 Å². The molecule has 1 aliphatic rings. The van der Waals surface area contributed by atoms with Crippen LogP contribution in [0.2, 0.25) is 0 Å². The molecular formula is C28H34N4O3. The largest absolute Gasteiger partial charge is 0.444 e. The highest BCUT2D eigenvalue weighted by Gasteiger charge is 2.21. The van der Waals surface area contributed by atoms with Crippen molar-refractivity contribution in [2.24, 2.45) is 5.92 Å². The smallest absolute Gasteiger partial charge is 0.413 e. The van der Waals surface area contributed by atoms with Crippen LogP contribution >= 0.6 is 0 Å². The third kappa shape index (κ3) is 8.18. The summed E-state index contributed by atoms with van der Waals surface area (Å²) in [6, 6.07) is 14.6. The first-order valence-corrected chi connectivity index (χ1v) is 11.9. The molecule has 7 nitrogen and oxygen atoms in total. The highest BCUT2D eigenvalue weighted by atomic mass is 16.6. The van der Waals surface area contributed by atoms with Crippen molar-refractivity contribution in [3.63, 3.8) is 0 Å². The number of carbonyl (C=O) groups excluding carboxylic acids is 2. The third-order valence-electron chi connectivity index (χ3n) is 5.62.